The van der Waals surface area contributed by atoms with Crippen molar-refractivity contribution in [3.63, 3.8) is 0 Å². The van der Waals surface area contributed by atoms with Gasteiger partial charge in [-0.15, -0.1) is 0 Å². The Morgan fingerprint density at radius 2 is 0.562 bits per heavy atom. The van der Waals surface area contributed by atoms with E-state index in [1.54, 1.807) is 0 Å². The van der Waals surface area contributed by atoms with Crippen LogP contribution >= 0.6 is 0 Å². The van der Waals surface area contributed by atoms with Crippen molar-refractivity contribution in [2.24, 2.45) is 0 Å². The fourth-order valence-electron chi connectivity index (χ4n) is 4.81. The van der Waals surface area contributed by atoms with E-state index in [0.29, 0.717) is 6.42 Å². The monoisotopic (exact) mass is 454 g/mol. The Bertz CT molecular complexity index is 331. The van der Waals surface area contributed by atoms with Crippen LogP contribution in [-0.4, -0.2) is 22.4 Å². The first-order valence-corrected chi connectivity index (χ1v) is 15.1. The topological polar surface area (TPSA) is 40.5 Å². The predicted molar refractivity (Wildman–Crippen MR) is 143 cm³/mol. The molecule has 194 valence electrons. The number of rotatable bonds is 27. The molecule has 0 aliphatic heterocycles. The summed E-state index contributed by atoms with van der Waals surface area (Å²) in [6.45, 7) is 4.55. The lowest BCUT2D eigenvalue weighted by Crippen LogP contribution is -2.17. The molecule has 0 spiro atoms. The van der Waals surface area contributed by atoms with Gasteiger partial charge in [-0.3, -0.25) is 0 Å². The average molecular weight is 455 g/mol. The van der Waals surface area contributed by atoms with Gasteiger partial charge in [0.25, 0.3) is 0 Å². The normalized spacial score (nSPS) is 13.5. The summed E-state index contributed by atoms with van der Waals surface area (Å²) in [6.07, 6.45) is 32.7. The van der Waals surface area contributed by atoms with Gasteiger partial charge in [-0.05, 0) is 19.3 Å². The van der Waals surface area contributed by atoms with E-state index < -0.39 is 0 Å². The van der Waals surface area contributed by atoms with Crippen LogP contribution in [0.3, 0.4) is 0 Å². The Kier molecular flexibility index (Phi) is 27.1. The second kappa shape index (κ2) is 27.2. The summed E-state index contributed by atoms with van der Waals surface area (Å²) in [7, 11) is 0. The van der Waals surface area contributed by atoms with E-state index in [4.69, 9.17) is 0 Å². The summed E-state index contributed by atoms with van der Waals surface area (Å²) in [5.41, 5.74) is 0. The fraction of sp³-hybridized carbons (Fsp3) is 1.00. The van der Waals surface area contributed by atoms with Gasteiger partial charge in [0, 0.05) is 0 Å². The lowest BCUT2D eigenvalue weighted by Gasteiger charge is -2.15. The summed E-state index contributed by atoms with van der Waals surface area (Å²) in [6, 6.07) is 0. The van der Waals surface area contributed by atoms with Crippen molar-refractivity contribution in [2.75, 3.05) is 0 Å². The molecule has 0 aromatic heterocycles. The highest BCUT2D eigenvalue weighted by Gasteiger charge is 2.11. The Labute approximate surface area is 203 Å². The van der Waals surface area contributed by atoms with Crippen LogP contribution in [0.1, 0.15) is 181 Å². The zero-order chi connectivity index (χ0) is 23.5. The van der Waals surface area contributed by atoms with Crippen molar-refractivity contribution in [2.45, 2.75) is 193 Å². The van der Waals surface area contributed by atoms with Crippen LogP contribution in [0, 0.1) is 0 Å². The zero-order valence-electron chi connectivity index (χ0n) is 22.4. The van der Waals surface area contributed by atoms with E-state index in [0.717, 1.165) is 25.7 Å². The molecule has 2 atom stereocenters. The molecule has 0 rings (SSSR count). The van der Waals surface area contributed by atoms with Crippen LogP contribution < -0.4 is 0 Å². The van der Waals surface area contributed by atoms with Crippen LogP contribution in [0.25, 0.3) is 0 Å². The molecular weight excluding hydrogens is 392 g/mol. The highest BCUT2D eigenvalue weighted by atomic mass is 16.3. The Hall–Kier alpha value is -0.0800. The van der Waals surface area contributed by atoms with Crippen molar-refractivity contribution >= 4 is 0 Å². The van der Waals surface area contributed by atoms with Crippen molar-refractivity contribution in [3.05, 3.63) is 0 Å². The third-order valence-corrected chi connectivity index (χ3v) is 7.08. The highest BCUT2D eigenvalue weighted by Crippen LogP contribution is 2.17. The van der Waals surface area contributed by atoms with Crippen LogP contribution in [0.4, 0.5) is 0 Å². The molecule has 2 N–H and O–H groups in total. The van der Waals surface area contributed by atoms with Gasteiger partial charge in [-0.2, -0.15) is 0 Å². The highest BCUT2D eigenvalue weighted by molar-refractivity contribution is 4.64. The zero-order valence-corrected chi connectivity index (χ0v) is 22.4. The van der Waals surface area contributed by atoms with Gasteiger partial charge in [0.05, 0.1) is 12.2 Å². The minimum Gasteiger partial charge on any atom is -0.393 e. The van der Waals surface area contributed by atoms with E-state index in [9.17, 15) is 10.2 Å². The molecule has 0 bridgehead atoms. The molecule has 0 heterocycles. The number of hydrogen-bond donors (Lipinski definition) is 2. The molecule has 0 radical (unpaired) electrons. The maximum atomic E-state index is 10.2. The molecule has 0 saturated heterocycles. The molecule has 2 heteroatoms. The smallest absolute Gasteiger partial charge is 0.0564 e. The van der Waals surface area contributed by atoms with Crippen LogP contribution in [0.5, 0.6) is 0 Å². The van der Waals surface area contributed by atoms with Gasteiger partial charge in [-0.25, -0.2) is 0 Å². The van der Waals surface area contributed by atoms with Crippen LogP contribution in [-0.2, 0) is 0 Å². The number of aliphatic hydroxyl groups excluding tert-OH is 2. The second-order valence-electron chi connectivity index (χ2n) is 10.5. The molecule has 2 unspecified atom stereocenters. The average Bonchev–Trinajstić information content (AvgIpc) is 2.78. The van der Waals surface area contributed by atoms with Crippen molar-refractivity contribution in [1.29, 1.82) is 0 Å². The summed E-state index contributed by atoms with van der Waals surface area (Å²) in [4.78, 5) is 0. The fourth-order valence-corrected chi connectivity index (χ4v) is 4.81. The Balaban J connectivity index is 3.28. The molecule has 0 aromatic carbocycles. The molecule has 0 aliphatic rings. The summed E-state index contributed by atoms with van der Waals surface area (Å²) in [5.74, 6) is 0. The third kappa shape index (κ3) is 26.2. The first-order chi connectivity index (χ1) is 15.7. The summed E-state index contributed by atoms with van der Waals surface area (Å²) in [5, 5.41) is 20.4. The van der Waals surface area contributed by atoms with Gasteiger partial charge in [0.2, 0.25) is 0 Å². The van der Waals surface area contributed by atoms with Gasteiger partial charge in [0.1, 0.15) is 0 Å². The minimum atomic E-state index is -0.305. The van der Waals surface area contributed by atoms with Gasteiger partial charge < -0.3 is 10.2 Å². The van der Waals surface area contributed by atoms with E-state index >= 15 is 0 Å². The summed E-state index contributed by atoms with van der Waals surface area (Å²) >= 11 is 0. The summed E-state index contributed by atoms with van der Waals surface area (Å²) < 4.78 is 0. The van der Waals surface area contributed by atoms with Gasteiger partial charge in [0.15, 0.2) is 0 Å². The van der Waals surface area contributed by atoms with Gasteiger partial charge >= 0.3 is 0 Å². The molecule has 0 aromatic rings. The Morgan fingerprint density at radius 3 is 0.812 bits per heavy atom. The molecule has 2 nitrogen and oxygen atoms in total. The Morgan fingerprint density at radius 1 is 0.344 bits per heavy atom. The standard InChI is InChI=1S/C30H62O2/c1-3-5-7-9-11-13-15-17-19-21-23-25-27-30(32)28-29(31)26-24-22-20-18-16-14-12-10-8-6-4-2/h29-32H,3-28H2,1-2H3. The molecule has 32 heavy (non-hydrogen) atoms. The first-order valence-electron chi connectivity index (χ1n) is 15.1. The van der Waals surface area contributed by atoms with Crippen molar-refractivity contribution < 1.29 is 10.2 Å². The van der Waals surface area contributed by atoms with E-state index in [2.05, 4.69) is 13.8 Å². The van der Waals surface area contributed by atoms with Gasteiger partial charge in [-0.1, -0.05) is 162 Å². The lowest BCUT2D eigenvalue weighted by atomic mass is 9.99. The quantitative estimate of drug-likeness (QED) is 0.121. The van der Waals surface area contributed by atoms with E-state index in [-0.39, 0.29) is 12.2 Å². The molecular formula is C30H62O2. The molecule has 0 amide bonds. The largest absolute Gasteiger partial charge is 0.393 e. The number of hydrogen-bond acceptors (Lipinski definition) is 2. The second-order valence-corrected chi connectivity index (χ2v) is 10.5. The number of aliphatic hydroxyl groups is 2. The molecule has 0 fully saturated rings. The van der Waals surface area contributed by atoms with Crippen molar-refractivity contribution in [3.8, 4) is 0 Å². The first kappa shape index (κ1) is 31.9. The molecule has 0 saturated carbocycles. The van der Waals surface area contributed by atoms with Crippen LogP contribution in [0.2, 0.25) is 0 Å². The maximum Gasteiger partial charge on any atom is 0.0564 e. The maximum absolute atomic E-state index is 10.2. The SMILES string of the molecule is CCCCCCCCCCCCCCC(O)CC(O)CCCCCCCCCCCCC. The molecule has 0 aliphatic carbocycles. The van der Waals surface area contributed by atoms with Crippen molar-refractivity contribution in [1.82, 2.24) is 0 Å². The predicted octanol–water partition coefficient (Wildman–Crippen LogP) is 9.89. The number of unbranched alkanes of at least 4 members (excludes halogenated alkanes) is 21. The third-order valence-electron chi connectivity index (χ3n) is 7.08. The van der Waals surface area contributed by atoms with E-state index in [1.807, 2.05) is 0 Å². The van der Waals surface area contributed by atoms with Crippen LogP contribution in [0.15, 0.2) is 0 Å². The lowest BCUT2D eigenvalue weighted by molar-refractivity contribution is 0.0680. The minimum absolute atomic E-state index is 0.305. The van der Waals surface area contributed by atoms with E-state index in [1.165, 1.54) is 135 Å².